The molecule has 0 aromatic carbocycles. The van der Waals surface area contributed by atoms with Gasteiger partial charge in [0.25, 0.3) is 0 Å². The summed E-state index contributed by atoms with van der Waals surface area (Å²) in [6.45, 7) is 0. The predicted octanol–water partition coefficient (Wildman–Crippen LogP) is 0.770. The Morgan fingerprint density at radius 3 is 2.64 bits per heavy atom. The molecule has 3 heterocycles. The summed E-state index contributed by atoms with van der Waals surface area (Å²) in [5.41, 5.74) is 0.944. The number of hydrogen-bond acceptors (Lipinski definition) is 6. The molecule has 9 heteroatoms. The largest absolute Gasteiger partial charge is 0.481 e. The first-order chi connectivity index (χ1) is 10.6. The van der Waals surface area contributed by atoms with Gasteiger partial charge >= 0.3 is 5.97 Å². The van der Waals surface area contributed by atoms with E-state index in [1.54, 1.807) is 19.2 Å². The van der Waals surface area contributed by atoms with Gasteiger partial charge in [-0.1, -0.05) is 0 Å². The number of rotatable bonds is 4. The van der Waals surface area contributed by atoms with E-state index < -0.39 is 5.97 Å². The molecule has 0 saturated carbocycles. The van der Waals surface area contributed by atoms with E-state index in [1.807, 2.05) is 0 Å². The molecular weight excluding hydrogens is 288 g/mol. The van der Waals surface area contributed by atoms with E-state index in [1.165, 1.54) is 35.1 Å². The number of carboxylic acids is 1. The highest BCUT2D eigenvalue weighted by Crippen LogP contribution is 2.21. The van der Waals surface area contributed by atoms with Gasteiger partial charge in [-0.2, -0.15) is 5.10 Å². The Kier molecular flexibility index (Phi) is 3.30. The molecule has 0 fully saturated rings. The first kappa shape index (κ1) is 13.7. The minimum atomic E-state index is -1.13. The van der Waals surface area contributed by atoms with Crippen LogP contribution in [0.25, 0.3) is 17.2 Å². The number of pyridine rings is 1. The van der Waals surface area contributed by atoms with Gasteiger partial charge in [0.1, 0.15) is 12.0 Å². The highest BCUT2D eigenvalue weighted by molar-refractivity contribution is 5.86. The Balaban J connectivity index is 2.14. The van der Waals surface area contributed by atoms with Crippen LogP contribution in [-0.4, -0.2) is 47.7 Å². The first-order valence-corrected chi connectivity index (χ1v) is 6.28. The van der Waals surface area contributed by atoms with Crippen LogP contribution in [0.3, 0.4) is 0 Å². The minimum Gasteiger partial charge on any atom is -0.481 e. The van der Waals surface area contributed by atoms with Crippen LogP contribution >= 0.6 is 0 Å². The maximum Gasteiger partial charge on any atom is 0.356 e. The lowest BCUT2D eigenvalue weighted by Gasteiger charge is -2.05. The summed E-state index contributed by atoms with van der Waals surface area (Å²) in [5.74, 6) is -0.303. The van der Waals surface area contributed by atoms with Crippen molar-refractivity contribution in [1.82, 2.24) is 29.5 Å². The molecular formula is C13H12N6O3. The van der Waals surface area contributed by atoms with Gasteiger partial charge in [-0.05, 0) is 6.07 Å². The standard InChI is InChI=1S/C13H12N6O3/c1-18-7-15-12(17-18)10-5-9(13(20)21)16-19(10)8-3-4-11(22-2)14-6-8/h3-7H,1-2H3,(H,20,21). The fraction of sp³-hybridized carbons (Fsp3) is 0.154. The van der Waals surface area contributed by atoms with E-state index >= 15 is 0 Å². The molecule has 0 unspecified atom stereocenters. The Hall–Kier alpha value is -3.23. The summed E-state index contributed by atoms with van der Waals surface area (Å²) < 4.78 is 7.97. The highest BCUT2D eigenvalue weighted by Gasteiger charge is 2.18. The summed E-state index contributed by atoms with van der Waals surface area (Å²) in [5, 5.41) is 17.4. The van der Waals surface area contributed by atoms with Gasteiger partial charge < -0.3 is 9.84 Å². The highest BCUT2D eigenvalue weighted by atomic mass is 16.5. The minimum absolute atomic E-state index is 0.0988. The molecule has 3 aromatic rings. The second-order valence-corrected chi connectivity index (χ2v) is 4.43. The Morgan fingerprint density at radius 1 is 1.27 bits per heavy atom. The third-order valence-electron chi connectivity index (χ3n) is 2.93. The summed E-state index contributed by atoms with van der Waals surface area (Å²) in [4.78, 5) is 19.4. The lowest BCUT2D eigenvalue weighted by Crippen LogP contribution is -2.03. The van der Waals surface area contributed by atoms with Crippen molar-refractivity contribution in [2.45, 2.75) is 0 Å². The van der Waals surface area contributed by atoms with Crippen molar-refractivity contribution in [2.24, 2.45) is 7.05 Å². The van der Waals surface area contributed by atoms with Gasteiger partial charge in [0.05, 0.1) is 19.0 Å². The van der Waals surface area contributed by atoms with Gasteiger partial charge in [0, 0.05) is 19.2 Å². The van der Waals surface area contributed by atoms with Crippen LogP contribution in [0.5, 0.6) is 5.88 Å². The zero-order valence-electron chi connectivity index (χ0n) is 11.8. The second kappa shape index (κ2) is 5.28. The molecule has 0 aliphatic rings. The Bertz CT molecular complexity index is 821. The Morgan fingerprint density at radius 2 is 2.09 bits per heavy atom. The molecule has 0 aliphatic carbocycles. The van der Waals surface area contributed by atoms with Crippen LogP contribution in [0.4, 0.5) is 0 Å². The molecule has 112 valence electrons. The number of aromatic nitrogens is 6. The van der Waals surface area contributed by atoms with E-state index in [0.717, 1.165) is 0 Å². The van der Waals surface area contributed by atoms with Crippen molar-refractivity contribution in [2.75, 3.05) is 7.11 Å². The van der Waals surface area contributed by atoms with Crippen molar-refractivity contribution >= 4 is 5.97 Å². The number of hydrogen-bond donors (Lipinski definition) is 1. The quantitative estimate of drug-likeness (QED) is 0.758. The van der Waals surface area contributed by atoms with Crippen LogP contribution in [0.15, 0.2) is 30.7 Å². The van der Waals surface area contributed by atoms with E-state index in [9.17, 15) is 4.79 Å². The molecule has 3 rings (SSSR count). The lowest BCUT2D eigenvalue weighted by molar-refractivity contribution is 0.0690. The SMILES string of the molecule is COc1ccc(-n2nc(C(=O)O)cc2-c2ncn(C)n2)cn1. The van der Waals surface area contributed by atoms with Crippen LogP contribution in [0.2, 0.25) is 0 Å². The zero-order valence-corrected chi connectivity index (χ0v) is 11.8. The molecule has 3 aromatic heterocycles. The fourth-order valence-electron chi connectivity index (χ4n) is 1.92. The molecule has 9 nitrogen and oxygen atoms in total. The summed E-state index contributed by atoms with van der Waals surface area (Å²) in [6, 6.07) is 4.80. The smallest absolute Gasteiger partial charge is 0.356 e. The van der Waals surface area contributed by atoms with Crippen molar-refractivity contribution in [3.63, 3.8) is 0 Å². The van der Waals surface area contributed by atoms with Gasteiger partial charge in [-0.15, -0.1) is 5.10 Å². The van der Waals surface area contributed by atoms with E-state index in [4.69, 9.17) is 9.84 Å². The number of carbonyl (C=O) groups is 1. The Labute approximate surface area is 124 Å². The predicted molar refractivity (Wildman–Crippen MR) is 74.9 cm³/mol. The maximum absolute atomic E-state index is 11.2. The molecule has 0 spiro atoms. The van der Waals surface area contributed by atoms with E-state index in [2.05, 4.69) is 20.2 Å². The third-order valence-corrected chi connectivity index (χ3v) is 2.93. The van der Waals surface area contributed by atoms with Crippen LogP contribution in [0, 0.1) is 0 Å². The normalized spacial score (nSPS) is 10.6. The average molecular weight is 300 g/mol. The molecule has 0 bridgehead atoms. The van der Waals surface area contributed by atoms with Gasteiger partial charge in [0.2, 0.25) is 5.88 Å². The van der Waals surface area contributed by atoms with Crippen molar-refractivity contribution < 1.29 is 14.6 Å². The lowest BCUT2D eigenvalue weighted by atomic mass is 10.3. The number of aromatic carboxylic acids is 1. The summed E-state index contributed by atoms with van der Waals surface area (Å²) >= 11 is 0. The summed E-state index contributed by atoms with van der Waals surface area (Å²) in [7, 11) is 3.24. The molecule has 0 aliphatic heterocycles. The zero-order chi connectivity index (χ0) is 15.7. The van der Waals surface area contributed by atoms with Crippen molar-refractivity contribution in [3.05, 3.63) is 36.4 Å². The van der Waals surface area contributed by atoms with Crippen LogP contribution in [-0.2, 0) is 7.05 Å². The van der Waals surface area contributed by atoms with Gasteiger partial charge in [0.15, 0.2) is 11.5 Å². The molecule has 0 saturated heterocycles. The number of ether oxygens (including phenoxy) is 1. The second-order valence-electron chi connectivity index (χ2n) is 4.43. The van der Waals surface area contributed by atoms with E-state index in [-0.39, 0.29) is 5.69 Å². The van der Waals surface area contributed by atoms with Gasteiger partial charge in [-0.25, -0.2) is 19.4 Å². The van der Waals surface area contributed by atoms with Gasteiger partial charge in [-0.3, -0.25) is 4.68 Å². The van der Waals surface area contributed by atoms with Crippen LogP contribution < -0.4 is 4.74 Å². The molecule has 22 heavy (non-hydrogen) atoms. The first-order valence-electron chi connectivity index (χ1n) is 6.28. The summed E-state index contributed by atoms with van der Waals surface area (Å²) in [6.07, 6.45) is 3.06. The maximum atomic E-state index is 11.2. The number of carboxylic acid groups (broad SMARTS) is 1. The molecule has 1 N–H and O–H groups in total. The number of nitrogens with zero attached hydrogens (tertiary/aromatic N) is 6. The monoisotopic (exact) mass is 300 g/mol. The van der Waals surface area contributed by atoms with Crippen molar-refractivity contribution in [3.8, 4) is 23.1 Å². The van der Waals surface area contributed by atoms with Crippen LogP contribution in [0.1, 0.15) is 10.5 Å². The molecule has 0 atom stereocenters. The fourth-order valence-corrected chi connectivity index (χ4v) is 1.92. The topological polar surface area (TPSA) is 108 Å². The molecule has 0 amide bonds. The number of methoxy groups -OCH3 is 1. The van der Waals surface area contributed by atoms with Crippen molar-refractivity contribution in [1.29, 1.82) is 0 Å². The molecule has 0 radical (unpaired) electrons. The number of aryl methyl sites for hydroxylation is 1. The third kappa shape index (κ3) is 2.39. The van der Waals surface area contributed by atoms with E-state index in [0.29, 0.717) is 23.1 Å². The average Bonchev–Trinajstić information content (AvgIpc) is 3.13.